The summed E-state index contributed by atoms with van der Waals surface area (Å²) in [6.45, 7) is 8.02. The second-order valence-corrected chi connectivity index (χ2v) is 6.78. The van der Waals surface area contributed by atoms with Gasteiger partial charge in [-0.3, -0.25) is 0 Å². The van der Waals surface area contributed by atoms with E-state index in [0.29, 0.717) is 28.9 Å². The molecule has 0 spiro atoms. The fraction of sp³-hybridized carbons (Fsp3) is 0.733. The molecular weight excluding hydrogens is 258 g/mol. The van der Waals surface area contributed by atoms with Crippen LogP contribution in [0.25, 0.3) is 0 Å². The maximum atomic E-state index is 6.18. The topological polar surface area (TPSA) is 29.0 Å². The maximum Gasteiger partial charge on any atom is 0.135 e. The lowest BCUT2D eigenvalue weighted by atomic mass is 9.86. The van der Waals surface area contributed by atoms with Crippen LogP contribution in [0.2, 0.25) is 5.15 Å². The fourth-order valence-corrected chi connectivity index (χ4v) is 3.30. The molecule has 2 aliphatic rings. The molecule has 1 saturated heterocycles. The first-order valence-corrected chi connectivity index (χ1v) is 7.73. The Morgan fingerprint density at radius 1 is 1.21 bits per heavy atom. The van der Waals surface area contributed by atoms with Crippen LogP contribution in [-0.4, -0.2) is 22.6 Å². The van der Waals surface area contributed by atoms with Gasteiger partial charge in [-0.25, -0.2) is 9.97 Å². The number of halogens is 1. The van der Waals surface area contributed by atoms with Gasteiger partial charge in [-0.1, -0.05) is 25.4 Å². The molecule has 1 aliphatic heterocycles. The number of nitrogens with zero attached hydrogens (tertiary/aromatic N) is 3. The summed E-state index contributed by atoms with van der Waals surface area (Å²) in [4.78, 5) is 11.6. The molecule has 3 rings (SSSR count). The first-order valence-electron chi connectivity index (χ1n) is 7.35. The molecule has 3 nitrogen and oxygen atoms in total. The van der Waals surface area contributed by atoms with E-state index in [4.69, 9.17) is 16.6 Å². The molecule has 19 heavy (non-hydrogen) atoms. The molecule has 1 saturated carbocycles. The van der Waals surface area contributed by atoms with Crippen molar-refractivity contribution in [1.82, 2.24) is 9.97 Å². The minimum absolute atomic E-state index is 0.522. The molecule has 0 aromatic carbocycles. The van der Waals surface area contributed by atoms with Crippen molar-refractivity contribution in [1.29, 1.82) is 0 Å². The third-order valence-electron chi connectivity index (χ3n) is 4.53. The molecule has 3 unspecified atom stereocenters. The summed E-state index contributed by atoms with van der Waals surface area (Å²) in [6.07, 6.45) is 3.72. The lowest BCUT2D eigenvalue weighted by molar-refractivity contribution is 0.295. The second kappa shape index (κ2) is 4.93. The van der Waals surface area contributed by atoms with E-state index < -0.39 is 0 Å². The normalized spacial score (nSPS) is 31.6. The van der Waals surface area contributed by atoms with Crippen LogP contribution < -0.4 is 4.90 Å². The molecule has 2 heterocycles. The van der Waals surface area contributed by atoms with E-state index >= 15 is 0 Å². The average molecular weight is 280 g/mol. The molecule has 1 aliphatic carbocycles. The van der Waals surface area contributed by atoms with Gasteiger partial charge in [0.15, 0.2) is 0 Å². The Morgan fingerprint density at radius 3 is 2.63 bits per heavy atom. The Hall–Kier alpha value is -0.830. The van der Waals surface area contributed by atoms with E-state index in [1.807, 2.05) is 6.07 Å². The molecule has 2 fully saturated rings. The van der Waals surface area contributed by atoms with Crippen molar-refractivity contribution >= 4 is 17.4 Å². The minimum Gasteiger partial charge on any atom is -0.353 e. The Kier molecular flexibility index (Phi) is 3.42. The zero-order valence-electron chi connectivity index (χ0n) is 11.9. The molecule has 104 valence electrons. The van der Waals surface area contributed by atoms with E-state index in [1.165, 1.54) is 19.3 Å². The molecule has 0 amide bonds. The average Bonchev–Trinajstić information content (AvgIpc) is 3.17. The van der Waals surface area contributed by atoms with E-state index in [2.05, 4.69) is 30.7 Å². The molecule has 1 aromatic heterocycles. The Bertz CT molecular complexity index is 472. The summed E-state index contributed by atoms with van der Waals surface area (Å²) < 4.78 is 0. The van der Waals surface area contributed by atoms with Crippen molar-refractivity contribution in [2.45, 2.75) is 52.0 Å². The number of hydrogen-bond acceptors (Lipinski definition) is 3. The summed E-state index contributed by atoms with van der Waals surface area (Å²) in [7, 11) is 0. The number of piperidine rings is 1. The van der Waals surface area contributed by atoms with E-state index in [1.54, 1.807) is 0 Å². The second-order valence-electron chi connectivity index (χ2n) is 6.39. The smallest absolute Gasteiger partial charge is 0.135 e. The number of anilines is 1. The minimum atomic E-state index is 0.522. The molecule has 0 radical (unpaired) electrons. The van der Waals surface area contributed by atoms with Crippen molar-refractivity contribution in [2.75, 3.05) is 11.4 Å². The van der Waals surface area contributed by atoms with Crippen molar-refractivity contribution in [3.05, 3.63) is 17.0 Å². The summed E-state index contributed by atoms with van der Waals surface area (Å²) in [5, 5.41) is 0.588. The van der Waals surface area contributed by atoms with Gasteiger partial charge < -0.3 is 4.90 Å². The quantitative estimate of drug-likeness (QED) is 0.770. The number of aromatic nitrogens is 2. The number of rotatable bonds is 2. The van der Waals surface area contributed by atoms with Crippen LogP contribution in [0.3, 0.4) is 0 Å². The van der Waals surface area contributed by atoms with Gasteiger partial charge in [0, 0.05) is 24.6 Å². The van der Waals surface area contributed by atoms with Crippen LogP contribution in [-0.2, 0) is 0 Å². The third kappa shape index (κ3) is 2.71. The highest BCUT2D eigenvalue weighted by atomic mass is 35.5. The molecule has 1 aromatic rings. The van der Waals surface area contributed by atoms with Crippen molar-refractivity contribution in [3.63, 3.8) is 0 Å². The Morgan fingerprint density at radius 2 is 1.95 bits per heavy atom. The van der Waals surface area contributed by atoms with Crippen molar-refractivity contribution in [3.8, 4) is 0 Å². The van der Waals surface area contributed by atoms with Gasteiger partial charge in [0.1, 0.15) is 16.8 Å². The first-order chi connectivity index (χ1) is 9.04. The van der Waals surface area contributed by atoms with Crippen LogP contribution in [0, 0.1) is 11.8 Å². The zero-order chi connectivity index (χ0) is 13.6. The highest BCUT2D eigenvalue weighted by Gasteiger charge is 2.32. The molecule has 3 atom stereocenters. The highest BCUT2D eigenvalue weighted by Crippen LogP contribution is 2.40. The lowest BCUT2D eigenvalue weighted by Gasteiger charge is -2.42. The Labute approximate surface area is 120 Å². The molecule has 0 bridgehead atoms. The SMILES string of the molecule is CC1CC(C)C(C)N(c2cc(Cl)nc(C3CC3)n2)C1. The number of hydrogen-bond donors (Lipinski definition) is 0. The molecular formula is C15H22ClN3. The van der Waals surface area contributed by atoms with Crippen molar-refractivity contribution < 1.29 is 0 Å². The van der Waals surface area contributed by atoms with Gasteiger partial charge in [-0.2, -0.15) is 0 Å². The van der Waals surface area contributed by atoms with Gasteiger partial charge in [-0.05, 0) is 38.0 Å². The van der Waals surface area contributed by atoms with Crippen molar-refractivity contribution in [2.24, 2.45) is 11.8 Å². The monoisotopic (exact) mass is 279 g/mol. The first kappa shape index (κ1) is 13.2. The fourth-order valence-electron chi connectivity index (χ4n) is 3.11. The third-order valence-corrected chi connectivity index (χ3v) is 4.73. The summed E-state index contributed by atoms with van der Waals surface area (Å²) >= 11 is 6.18. The van der Waals surface area contributed by atoms with Gasteiger partial charge in [0.05, 0.1) is 0 Å². The van der Waals surface area contributed by atoms with Gasteiger partial charge >= 0.3 is 0 Å². The largest absolute Gasteiger partial charge is 0.353 e. The van der Waals surface area contributed by atoms with E-state index in [0.717, 1.165) is 18.2 Å². The molecule has 0 N–H and O–H groups in total. The predicted octanol–water partition coefficient (Wildman–Crippen LogP) is 3.88. The van der Waals surface area contributed by atoms with Crippen LogP contribution in [0.4, 0.5) is 5.82 Å². The summed E-state index contributed by atoms with van der Waals surface area (Å²) in [6, 6.07) is 2.45. The van der Waals surface area contributed by atoms with Gasteiger partial charge in [0.25, 0.3) is 0 Å². The van der Waals surface area contributed by atoms with Crippen LogP contribution in [0.1, 0.15) is 51.8 Å². The lowest BCUT2D eigenvalue weighted by Crippen LogP contribution is -2.46. The van der Waals surface area contributed by atoms with Gasteiger partial charge in [0.2, 0.25) is 0 Å². The summed E-state index contributed by atoms with van der Waals surface area (Å²) in [5.74, 6) is 3.92. The van der Waals surface area contributed by atoms with Crippen LogP contribution in [0.5, 0.6) is 0 Å². The molecule has 4 heteroatoms. The van der Waals surface area contributed by atoms with Gasteiger partial charge in [-0.15, -0.1) is 0 Å². The van der Waals surface area contributed by atoms with E-state index in [-0.39, 0.29) is 0 Å². The predicted molar refractivity (Wildman–Crippen MR) is 78.8 cm³/mol. The maximum absolute atomic E-state index is 6.18. The van der Waals surface area contributed by atoms with Crippen LogP contribution >= 0.6 is 11.6 Å². The summed E-state index contributed by atoms with van der Waals surface area (Å²) in [5.41, 5.74) is 0. The highest BCUT2D eigenvalue weighted by molar-refractivity contribution is 6.29. The zero-order valence-corrected chi connectivity index (χ0v) is 12.7. The Balaban J connectivity index is 1.91. The van der Waals surface area contributed by atoms with E-state index in [9.17, 15) is 0 Å². The van der Waals surface area contributed by atoms with Crippen LogP contribution in [0.15, 0.2) is 6.07 Å². The standard InChI is InChI=1S/C15H22ClN3/c1-9-6-10(2)11(3)19(8-9)14-7-13(16)17-15(18-14)12-4-5-12/h7,9-12H,4-6,8H2,1-3H3.